The van der Waals surface area contributed by atoms with E-state index in [1.54, 1.807) is 0 Å². The van der Waals surface area contributed by atoms with Gasteiger partial charge in [-0.05, 0) is 37.5 Å². The zero-order valence-electron chi connectivity index (χ0n) is 15.2. The summed E-state index contributed by atoms with van der Waals surface area (Å²) < 4.78 is 0. The zero-order chi connectivity index (χ0) is 17.4. The van der Waals surface area contributed by atoms with Crippen molar-refractivity contribution in [3.05, 3.63) is 0 Å². The Hall–Kier alpha value is -0.541. The SMILES string of the molecule is CC(C)CCCCCC(=O)[O-].CC(C)CCCCCC(=O)[O-].[Cu+2]. The van der Waals surface area contributed by atoms with Gasteiger partial charge in [0, 0.05) is 11.9 Å². The Morgan fingerprint density at radius 1 is 0.652 bits per heavy atom. The standard InChI is InChI=1S/2C9H18O2.Cu/c2*1-8(2)6-4-3-5-7-9(10)11;/h2*8H,3-7H2,1-2H3,(H,10,11);/q;;+2/p-2. The molecule has 0 aromatic carbocycles. The van der Waals surface area contributed by atoms with E-state index < -0.39 is 11.9 Å². The molecule has 0 atom stereocenters. The number of hydrogen-bond donors (Lipinski definition) is 0. The van der Waals surface area contributed by atoms with Crippen LogP contribution in [0.2, 0.25) is 0 Å². The Morgan fingerprint density at radius 3 is 1.17 bits per heavy atom. The second kappa shape index (κ2) is 19.5. The van der Waals surface area contributed by atoms with Crippen LogP contribution < -0.4 is 10.2 Å². The quantitative estimate of drug-likeness (QED) is 0.386. The summed E-state index contributed by atoms with van der Waals surface area (Å²) in [6.07, 6.45) is 8.72. The van der Waals surface area contributed by atoms with Crippen molar-refractivity contribution in [3.63, 3.8) is 0 Å². The van der Waals surface area contributed by atoms with E-state index in [2.05, 4.69) is 27.7 Å². The molecule has 23 heavy (non-hydrogen) atoms. The summed E-state index contributed by atoms with van der Waals surface area (Å²) in [7, 11) is 0. The number of aliphatic carboxylic acids is 2. The smallest absolute Gasteiger partial charge is 0.550 e. The molecule has 141 valence electrons. The first-order valence-electron chi connectivity index (χ1n) is 8.65. The molecule has 0 saturated carbocycles. The van der Waals surface area contributed by atoms with Gasteiger partial charge >= 0.3 is 17.1 Å². The third-order valence-corrected chi connectivity index (χ3v) is 3.32. The van der Waals surface area contributed by atoms with Crippen molar-refractivity contribution < 1.29 is 36.9 Å². The predicted octanol–water partition coefficient (Wildman–Crippen LogP) is 2.68. The third kappa shape index (κ3) is 34.0. The molecule has 0 aliphatic carbocycles. The van der Waals surface area contributed by atoms with E-state index >= 15 is 0 Å². The molecule has 0 spiro atoms. The maximum atomic E-state index is 9.99. The van der Waals surface area contributed by atoms with Gasteiger partial charge in [-0.2, -0.15) is 0 Å². The Labute approximate surface area is 152 Å². The van der Waals surface area contributed by atoms with Gasteiger partial charge in [0.15, 0.2) is 0 Å². The second-order valence-electron chi connectivity index (χ2n) is 6.73. The van der Waals surface area contributed by atoms with Gasteiger partial charge < -0.3 is 19.8 Å². The van der Waals surface area contributed by atoms with Crippen LogP contribution in [0.4, 0.5) is 0 Å². The van der Waals surface area contributed by atoms with Gasteiger partial charge in [-0.1, -0.05) is 66.2 Å². The van der Waals surface area contributed by atoms with Gasteiger partial charge in [0.05, 0.1) is 0 Å². The zero-order valence-corrected chi connectivity index (χ0v) is 16.1. The fourth-order valence-corrected chi connectivity index (χ4v) is 2.00. The second-order valence-corrected chi connectivity index (χ2v) is 6.73. The maximum Gasteiger partial charge on any atom is 2.00 e. The molecule has 0 rings (SSSR count). The average molecular weight is 378 g/mol. The molecule has 0 heterocycles. The summed E-state index contributed by atoms with van der Waals surface area (Å²) >= 11 is 0. The first-order chi connectivity index (χ1) is 10.3. The van der Waals surface area contributed by atoms with Crippen molar-refractivity contribution in [2.45, 2.75) is 91.9 Å². The van der Waals surface area contributed by atoms with Crippen molar-refractivity contribution in [1.82, 2.24) is 0 Å². The van der Waals surface area contributed by atoms with Crippen LogP contribution in [-0.2, 0) is 26.7 Å². The van der Waals surface area contributed by atoms with Crippen molar-refractivity contribution in [1.29, 1.82) is 0 Å². The van der Waals surface area contributed by atoms with Crippen LogP contribution >= 0.6 is 0 Å². The van der Waals surface area contributed by atoms with Gasteiger partial charge in [-0.25, -0.2) is 0 Å². The normalized spacial score (nSPS) is 10.0. The first kappa shape index (κ1) is 27.3. The molecule has 0 N–H and O–H groups in total. The molecule has 0 aliphatic heterocycles. The first-order valence-corrected chi connectivity index (χ1v) is 8.65. The Morgan fingerprint density at radius 2 is 0.957 bits per heavy atom. The number of unbranched alkanes of at least 4 members (excludes halogenated alkanes) is 4. The average Bonchev–Trinajstić information content (AvgIpc) is 2.37. The fourth-order valence-electron chi connectivity index (χ4n) is 2.00. The van der Waals surface area contributed by atoms with E-state index in [4.69, 9.17) is 0 Å². The molecule has 5 heteroatoms. The van der Waals surface area contributed by atoms with E-state index in [0.29, 0.717) is 0 Å². The van der Waals surface area contributed by atoms with Crippen molar-refractivity contribution in [2.24, 2.45) is 11.8 Å². The molecule has 0 aromatic rings. The van der Waals surface area contributed by atoms with Crippen molar-refractivity contribution >= 4 is 11.9 Å². The summed E-state index contributed by atoms with van der Waals surface area (Å²) in [5.74, 6) is -0.375. The Balaban J connectivity index is -0.000000333. The molecular formula is C18H34CuO4. The topological polar surface area (TPSA) is 80.3 Å². The molecule has 0 saturated heterocycles. The molecule has 0 amide bonds. The van der Waals surface area contributed by atoms with Crippen LogP contribution in [0, 0.1) is 11.8 Å². The number of rotatable bonds is 12. The number of hydrogen-bond acceptors (Lipinski definition) is 4. The third-order valence-electron chi connectivity index (χ3n) is 3.32. The molecular weight excluding hydrogens is 344 g/mol. The summed E-state index contributed by atoms with van der Waals surface area (Å²) in [6.45, 7) is 8.72. The molecule has 0 unspecified atom stereocenters. The molecule has 0 bridgehead atoms. The van der Waals surface area contributed by atoms with E-state index in [0.717, 1.165) is 50.4 Å². The maximum absolute atomic E-state index is 9.99. The van der Waals surface area contributed by atoms with Gasteiger partial charge in [0.1, 0.15) is 0 Å². The molecule has 0 aromatic heterocycles. The van der Waals surface area contributed by atoms with Crippen LogP contribution in [-0.4, -0.2) is 11.9 Å². The Kier molecular flexibility index (Phi) is 23.2. The number of carbonyl (C=O) groups excluding carboxylic acids is 2. The molecule has 0 aliphatic rings. The summed E-state index contributed by atoms with van der Waals surface area (Å²) in [4.78, 5) is 20.0. The van der Waals surface area contributed by atoms with Gasteiger partial charge in [0.2, 0.25) is 0 Å². The van der Waals surface area contributed by atoms with E-state index in [-0.39, 0.29) is 29.9 Å². The summed E-state index contributed by atoms with van der Waals surface area (Å²) in [5, 5.41) is 20.0. The predicted molar refractivity (Wildman–Crippen MR) is 85.9 cm³/mol. The largest absolute Gasteiger partial charge is 2.00 e. The van der Waals surface area contributed by atoms with E-state index in [1.807, 2.05) is 0 Å². The minimum atomic E-state index is -0.922. The molecule has 1 radical (unpaired) electrons. The van der Waals surface area contributed by atoms with Crippen LogP contribution in [0.25, 0.3) is 0 Å². The van der Waals surface area contributed by atoms with E-state index in [1.165, 1.54) is 12.8 Å². The monoisotopic (exact) mass is 377 g/mol. The minimum absolute atomic E-state index is 0. The number of carbonyl (C=O) groups is 2. The minimum Gasteiger partial charge on any atom is -0.550 e. The fraction of sp³-hybridized carbons (Fsp3) is 0.889. The summed E-state index contributed by atoms with van der Waals surface area (Å²) in [5.41, 5.74) is 0. The van der Waals surface area contributed by atoms with Gasteiger partial charge in [-0.3, -0.25) is 0 Å². The van der Waals surface area contributed by atoms with Gasteiger partial charge in [0.25, 0.3) is 0 Å². The number of carboxylic acids is 2. The van der Waals surface area contributed by atoms with Crippen LogP contribution in [0.3, 0.4) is 0 Å². The van der Waals surface area contributed by atoms with Crippen molar-refractivity contribution in [2.75, 3.05) is 0 Å². The van der Waals surface area contributed by atoms with Gasteiger partial charge in [-0.15, -0.1) is 0 Å². The molecule has 4 nitrogen and oxygen atoms in total. The van der Waals surface area contributed by atoms with Crippen LogP contribution in [0.15, 0.2) is 0 Å². The molecule has 0 fully saturated rings. The number of carboxylic acid groups (broad SMARTS) is 2. The summed E-state index contributed by atoms with van der Waals surface area (Å²) in [6, 6.07) is 0. The van der Waals surface area contributed by atoms with Crippen molar-refractivity contribution in [3.8, 4) is 0 Å². The van der Waals surface area contributed by atoms with Crippen LogP contribution in [0.1, 0.15) is 91.9 Å². The van der Waals surface area contributed by atoms with E-state index in [9.17, 15) is 19.8 Å². The van der Waals surface area contributed by atoms with Crippen LogP contribution in [0.5, 0.6) is 0 Å². The Bertz CT molecular complexity index is 250.